The minimum atomic E-state index is -0.247. The first-order valence-electron chi connectivity index (χ1n) is 8.02. The molecule has 0 aliphatic carbocycles. The average Bonchev–Trinajstić information content (AvgIpc) is 3.21. The number of benzene rings is 1. The smallest absolute Gasteiger partial charge is 0.318 e. The molecule has 9 nitrogen and oxygen atoms in total. The number of tetrazole rings is 1. The molecular formula is C16H18N8O. The largest absolute Gasteiger partial charge is 0.324 e. The monoisotopic (exact) mass is 338 g/mol. The van der Waals surface area contributed by atoms with E-state index in [4.69, 9.17) is 0 Å². The summed E-state index contributed by atoms with van der Waals surface area (Å²) in [7, 11) is 1.65. The van der Waals surface area contributed by atoms with Crippen LogP contribution in [0.1, 0.15) is 17.0 Å². The molecule has 0 saturated carbocycles. The fourth-order valence-electron chi connectivity index (χ4n) is 2.92. The first-order chi connectivity index (χ1) is 12.1. The third-order valence-electron chi connectivity index (χ3n) is 4.24. The number of anilines is 1. The highest BCUT2D eigenvalue weighted by Gasteiger charge is 2.25. The minimum Gasteiger partial charge on any atom is -0.318 e. The molecule has 25 heavy (non-hydrogen) atoms. The number of rotatable bonds is 2. The summed E-state index contributed by atoms with van der Waals surface area (Å²) >= 11 is 0. The number of aryl methyl sites for hydroxylation is 2. The Bertz CT molecular complexity index is 911. The van der Waals surface area contributed by atoms with Gasteiger partial charge in [-0.25, -0.2) is 9.78 Å². The highest BCUT2D eigenvalue weighted by atomic mass is 16.2. The Morgan fingerprint density at radius 2 is 2.04 bits per heavy atom. The van der Waals surface area contributed by atoms with E-state index in [1.807, 2.05) is 6.33 Å². The number of nitrogens with zero attached hydrogens (tertiary/aromatic N) is 7. The Labute approximate surface area is 144 Å². The predicted octanol–water partition coefficient (Wildman–Crippen LogP) is 1.29. The van der Waals surface area contributed by atoms with Crippen molar-refractivity contribution in [2.24, 2.45) is 7.05 Å². The van der Waals surface area contributed by atoms with Crippen LogP contribution in [0.25, 0.3) is 5.69 Å². The normalized spacial score (nSPS) is 13.6. The molecule has 1 aromatic carbocycles. The van der Waals surface area contributed by atoms with Crippen molar-refractivity contribution >= 4 is 12.0 Å². The second-order valence-corrected chi connectivity index (χ2v) is 6.05. The van der Waals surface area contributed by atoms with E-state index in [0.29, 0.717) is 13.1 Å². The highest BCUT2D eigenvalue weighted by Crippen LogP contribution is 2.22. The lowest BCUT2D eigenvalue weighted by Gasteiger charge is -2.26. The maximum Gasteiger partial charge on any atom is 0.324 e. The average molecular weight is 338 g/mol. The third-order valence-corrected chi connectivity index (χ3v) is 4.24. The summed E-state index contributed by atoms with van der Waals surface area (Å²) in [4.78, 5) is 19.9. The highest BCUT2D eigenvalue weighted by molar-refractivity contribution is 5.87. The van der Waals surface area contributed by atoms with Gasteiger partial charge in [0.15, 0.2) is 0 Å². The molecule has 128 valence electrons. The zero-order valence-corrected chi connectivity index (χ0v) is 14.0. The summed E-state index contributed by atoms with van der Waals surface area (Å²) in [6.07, 6.45) is 2.56. The lowest BCUT2D eigenvalue weighted by atomic mass is 10.1. The summed E-state index contributed by atoms with van der Waals surface area (Å²) in [5, 5.41) is 14.1. The van der Waals surface area contributed by atoms with Gasteiger partial charge >= 0.3 is 6.03 Å². The van der Waals surface area contributed by atoms with E-state index in [0.717, 1.165) is 23.5 Å². The third kappa shape index (κ3) is 2.95. The fourth-order valence-corrected chi connectivity index (χ4v) is 2.92. The lowest BCUT2D eigenvalue weighted by molar-refractivity contribution is 0.205. The molecule has 0 atom stereocenters. The summed E-state index contributed by atoms with van der Waals surface area (Å²) in [6, 6.07) is 8.08. The summed E-state index contributed by atoms with van der Waals surface area (Å²) in [6.45, 7) is 3.13. The van der Waals surface area contributed by atoms with Crippen LogP contribution < -0.4 is 5.32 Å². The van der Waals surface area contributed by atoms with Crippen LogP contribution in [-0.2, 0) is 20.0 Å². The van der Waals surface area contributed by atoms with Crippen LogP contribution in [0.15, 0.2) is 30.6 Å². The van der Waals surface area contributed by atoms with Gasteiger partial charge in [-0.2, -0.15) is 4.80 Å². The van der Waals surface area contributed by atoms with Crippen LogP contribution in [0.2, 0.25) is 0 Å². The molecule has 0 bridgehead atoms. The number of fused-ring (bicyclic) bond motifs is 1. The Morgan fingerprint density at radius 1 is 1.24 bits per heavy atom. The van der Waals surface area contributed by atoms with Gasteiger partial charge in [-0.3, -0.25) is 5.32 Å². The Balaban J connectivity index is 1.50. The molecule has 1 aliphatic rings. The molecule has 0 radical (unpaired) electrons. The number of carbonyl (C=O) groups excluding carboxylic acids is 1. The SMILES string of the molecule is Cc1ccc(-n2cnc3c2CCN(C(=O)Nc2nnn(C)n2)C3)cc1. The van der Waals surface area contributed by atoms with Gasteiger partial charge in [0.05, 0.1) is 25.6 Å². The van der Waals surface area contributed by atoms with Gasteiger partial charge in [-0.15, -0.1) is 5.10 Å². The first kappa shape index (κ1) is 15.3. The van der Waals surface area contributed by atoms with E-state index >= 15 is 0 Å². The first-order valence-corrected chi connectivity index (χ1v) is 8.02. The van der Waals surface area contributed by atoms with Gasteiger partial charge in [0, 0.05) is 24.3 Å². The molecule has 2 amide bonds. The van der Waals surface area contributed by atoms with E-state index in [-0.39, 0.29) is 12.0 Å². The molecule has 0 spiro atoms. The molecule has 0 unspecified atom stereocenters. The molecule has 3 aromatic rings. The molecule has 0 fully saturated rings. The second-order valence-electron chi connectivity index (χ2n) is 6.05. The molecule has 3 heterocycles. The van der Waals surface area contributed by atoms with Crippen molar-refractivity contribution < 1.29 is 4.79 Å². The Morgan fingerprint density at radius 3 is 2.76 bits per heavy atom. The van der Waals surface area contributed by atoms with Gasteiger partial charge < -0.3 is 9.47 Å². The molecule has 2 aromatic heterocycles. The Kier molecular flexibility index (Phi) is 3.68. The van der Waals surface area contributed by atoms with Crippen molar-refractivity contribution in [1.82, 2.24) is 34.7 Å². The maximum atomic E-state index is 12.4. The van der Waals surface area contributed by atoms with Crippen LogP contribution in [0.3, 0.4) is 0 Å². The number of hydrogen-bond acceptors (Lipinski definition) is 5. The standard InChI is InChI=1S/C16H18N8O/c1-11-3-5-12(6-4-11)24-10-17-13-9-23(8-7-14(13)24)16(25)18-15-19-21-22(2)20-15/h3-6,10H,7-9H2,1-2H3,(H,18,20,25). The number of hydrogen-bond donors (Lipinski definition) is 1. The number of imidazole rings is 1. The molecule has 1 aliphatic heterocycles. The van der Waals surface area contributed by atoms with Gasteiger partial charge in [0.2, 0.25) is 0 Å². The van der Waals surface area contributed by atoms with Gasteiger partial charge in [-0.05, 0) is 24.3 Å². The van der Waals surface area contributed by atoms with E-state index < -0.39 is 0 Å². The molecule has 0 saturated heterocycles. The fraction of sp³-hybridized carbons (Fsp3) is 0.312. The zero-order chi connectivity index (χ0) is 17.4. The van der Waals surface area contributed by atoms with Crippen molar-refractivity contribution in [3.05, 3.63) is 47.5 Å². The quantitative estimate of drug-likeness (QED) is 0.760. The molecule has 9 heteroatoms. The van der Waals surface area contributed by atoms with Crippen LogP contribution in [0.4, 0.5) is 10.7 Å². The summed E-state index contributed by atoms with van der Waals surface area (Å²) in [5.74, 6) is 0.198. The van der Waals surface area contributed by atoms with E-state index in [1.165, 1.54) is 10.4 Å². The van der Waals surface area contributed by atoms with Crippen LogP contribution in [0, 0.1) is 6.92 Å². The van der Waals surface area contributed by atoms with Crippen LogP contribution in [0.5, 0.6) is 0 Å². The van der Waals surface area contributed by atoms with Gasteiger partial charge in [0.1, 0.15) is 0 Å². The van der Waals surface area contributed by atoms with E-state index in [9.17, 15) is 4.79 Å². The van der Waals surface area contributed by atoms with Crippen molar-refractivity contribution in [2.45, 2.75) is 19.9 Å². The van der Waals surface area contributed by atoms with Crippen molar-refractivity contribution in [3.63, 3.8) is 0 Å². The zero-order valence-electron chi connectivity index (χ0n) is 14.0. The van der Waals surface area contributed by atoms with Crippen LogP contribution >= 0.6 is 0 Å². The number of urea groups is 1. The van der Waals surface area contributed by atoms with Crippen molar-refractivity contribution in [2.75, 3.05) is 11.9 Å². The van der Waals surface area contributed by atoms with E-state index in [1.54, 1.807) is 11.9 Å². The van der Waals surface area contributed by atoms with Gasteiger partial charge in [-0.1, -0.05) is 22.8 Å². The number of amides is 2. The molecule has 1 N–H and O–H groups in total. The molecular weight excluding hydrogens is 320 g/mol. The Hall–Kier alpha value is -3.23. The number of carbonyl (C=O) groups is 1. The summed E-state index contributed by atoms with van der Waals surface area (Å²) < 4.78 is 2.09. The van der Waals surface area contributed by atoms with Crippen LogP contribution in [-0.4, -0.2) is 47.2 Å². The minimum absolute atomic E-state index is 0.198. The summed E-state index contributed by atoms with van der Waals surface area (Å²) in [5.41, 5.74) is 4.36. The molecule has 4 rings (SSSR count). The topological polar surface area (TPSA) is 93.8 Å². The maximum absolute atomic E-state index is 12.4. The van der Waals surface area contributed by atoms with Gasteiger partial charge in [0.25, 0.3) is 5.95 Å². The lowest BCUT2D eigenvalue weighted by Crippen LogP contribution is -2.39. The van der Waals surface area contributed by atoms with Crippen molar-refractivity contribution in [1.29, 1.82) is 0 Å². The number of aromatic nitrogens is 6. The number of nitrogens with one attached hydrogen (secondary N) is 1. The predicted molar refractivity (Wildman–Crippen MR) is 90.2 cm³/mol. The van der Waals surface area contributed by atoms with E-state index in [2.05, 4.69) is 61.5 Å². The second kappa shape index (κ2) is 6.00. The van der Waals surface area contributed by atoms with Crippen molar-refractivity contribution in [3.8, 4) is 5.69 Å².